The fraction of sp³-hybridized carbons (Fsp3) is 0.286. The Morgan fingerprint density at radius 1 is 1.10 bits per heavy atom. The molecule has 0 saturated carbocycles. The fourth-order valence-electron chi connectivity index (χ4n) is 1.79. The molecule has 108 valence electrons. The van der Waals surface area contributed by atoms with Crippen LogP contribution in [0.5, 0.6) is 0 Å². The van der Waals surface area contributed by atoms with Crippen LogP contribution in [0.1, 0.15) is 18.4 Å². The number of anilines is 1. The van der Waals surface area contributed by atoms with Gasteiger partial charge in [0.2, 0.25) is 10.0 Å². The maximum atomic E-state index is 12.1. The van der Waals surface area contributed by atoms with Crippen molar-refractivity contribution in [1.29, 1.82) is 0 Å². The Balaban J connectivity index is 2.05. The van der Waals surface area contributed by atoms with Gasteiger partial charge < -0.3 is 9.73 Å². The van der Waals surface area contributed by atoms with Crippen LogP contribution in [0.2, 0.25) is 0 Å². The van der Waals surface area contributed by atoms with Crippen LogP contribution in [0.3, 0.4) is 0 Å². The van der Waals surface area contributed by atoms with E-state index < -0.39 is 10.0 Å². The molecule has 1 aromatic carbocycles. The molecule has 0 saturated heterocycles. The van der Waals surface area contributed by atoms with Crippen molar-refractivity contribution in [1.82, 2.24) is 4.72 Å². The van der Waals surface area contributed by atoms with Crippen molar-refractivity contribution in [3.63, 3.8) is 0 Å². The lowest BCUT2D eigenvalue weighted by Gasteiger charge is -2.07. The maximum Gasteiger partial charge on any atom is 0.240 e. The molecule has 6 heteroatoms. The van der Waals surface area contributed by atoms with Gasteiger partial charge in [0, 0.05) is 12.2 Å². The van der Waals surface area contributed by atoms with Crippen molar-refractivity contribution in [2.24, 2.45) is 0 Å². The first-order valence-electron chi connectivity index (χ1n) is 6.40. The van der Waals surface area contributed by atoms with Crippen molar-refractivity contribution in [3.05, 3.63) is 47.9 Å². The second-order valence-corrected chi connectivity index (χ2v) is 6.16. The molecule has 0 aliphatic heterocycles. The van der Waals surface area contributed by atoms with E-state index >= 15 is 0 Å². The first-order chi connectivity index (χ1) is 9.51. The molecule has 0 amide bonds. The van der Waals surface area contributed by atoms with Crippen molar-refractivity contribution < 1.29 is 12.8 Å². The zero-order chi connectivity index (χ0) is 14.6. The zero-order valence-corrected chi connectivity index (χ0v) is 12.3. The number of rotatable bonds is 6. The highest BCUT2D eigenvalue weighted by molar-refractivity contribution is 7.89. The van der Waals surface area contributed by atoms with E-state index in [2.05, 4.69) is 10.0 Å². The van der Waals surface area contributed by atoms with Gasteiger partial charge in [-0.15, -0.1) is 0 Å². The van der Waals surface area contributed by atoms with Gasteiger partial charge in [-0.25, -0.2) is 13.1 Å². The molecule has 5 nitrogen and oxygen atoms in total. The summed E-state index contributed by atoms with van der Waals surface area (Å²) in [4.78, 5) is 0.238. The second kappa shape index (κ2) is 6.11. The van der Waals surface area contributed by atoms with E-state index in [9.17, 15) is 8.42 Å². The van der Waals surface area contributed by atoms with Crippen LogP contribution < -0.4 is 10.0 Å². The van der Waals surface area contributed by atoms with E-state index in [0.717, 1.165) is 18.0 Å². The largest absolute Gasteiger partial charge is 0.465 e. The van der Waals surface area contributed by atoms with E-state index in [-0.39, 0.29) is 11.4 Å². The SMILES string of the molecule is CCNc1ccc(S(=O)(=O)NCc2ccc(C)o2)cc1. The number of nitrogens with one attached hydrogen (secondary N) is 2. The molecule has 0 fully saturated rings. The number of benzene rings is 1. The van der Waals surface area contributed by atoms with Crippen LogP contribution in [0.25, 0.3) is 0 Å². The van der Waals surface area contributed by atoms with E-state index in [1.807, 2.05) is 13.8 Å². The summed E-state index contributed by atoms with van der Waals surface area (Å²) in [5.74, 6) is 1.35. The van der Waals surface area contributed by atoms with Gasteiger partial charge in [0.15, 0.2) is 0 Å². The molecule has 20 heavy (non-hydrogen) atoms. The molecule has 1 aromatic heterocycles. The monoisotopic (exact) mass is 294 g/mol. The molecule has 0 aliphatic carbocycles. The van der Waals surface area contributed by atoms with Crippen LogP contribution in [0.15, 0.2) is 45.7 Å². The Bertz CT molecular complexity index is 660. The van der Waals surface area contributed by atoms with Crippen LogP contribution >= 0.6 is 0 Å². The standard InChI is InChI=1S/C14H18N2O3S/c1-3-15-12-5-8-14(9-6-12)20(17,18)16-10-13-7-4-11(2)19-13/h4-9,15-16H,3,10H2,1-2H3. The molecule has 0 spiro atoms. The summed E-state index contributed by atoms with van der Waals surface area (Å²) in [6.07, 6.45) is 0. The van der Waals surface area contributed by atoms with Crippen molar-refractivity contribution in [2.75, 3.05) is 11.9 Å². The Hall–Kier alpha value is -1.79. The van der Waals surface area contributed by atoms with Gasteiger partial charge >= 0.3 is 0 Å². The molecule has 0 radical (unpaired) electrons. The summed E-state index contributed by atoms with van der Waals surface area (Å²) in [6.45, 7) is 4.74. The van der Waals surface area contributed by atoms with Crippen molar-refractivity contribution in [3.8, 4) is 0 Å². The Kier molecular flexibility index (Phi) is 4.46. The number of aryl methyl sites for hydroxylation is 1. The lowest BCUT2D eigenvalue weighted by Crippen LogP contribution is -2.23. The van der Waals surface area contributed by atoms with Crippen molar-refractivity contribution >= 4 is 15.7 Å². The van der Waals surface area contributed by atoms with Gasteiger partial charge in [0.1, 0.15) is 11.5 Å². The molecule has 0 unspecified atom stereocenters. The predicted octanol–water partition coefficient (Wildman–Crippen LogP) is 2.50. The van der Waals surface area contributed by atoms with Crippen LogP contribution in [0, 0.1) is 6.92 Å². The normalized spacial score (nSPS) is 11.5. The summed E-state index contributed by atoms with van der Waals surface area (Å²) in [5.41, 5.74) is 0.896. The first-order valence-corrected chi connectivity index (χ1v) is 7.88. The Labute approximate surface area is 119 Å². The summed E-state index contributed by atoms with van der Waals surface area (Å²) in [6, 6.07) is 10.2. The van der Waals surface area contributed by atoms with Gasteiger partial charge in [-0.3, -0.25) is 0 Å². The predicted molar refractivity (Wildman–Crippen MR) is 78.1 cm³/mol. The van der Waals surface area contributed by atoms with E-state index in [0.29, 0.717) is 5.76 Å². The Morgan fingerprint density at radius 2 is 1.80 bits per heavy atom. The van der Waals surface area contributed by atoms with Gasteiger partial charge in [0.05, 0.1) is 11.4 Å². The molecule has 2 rings (SSSR count). The average molecular weight is 294 g/mol. The van der Waals surface area contributed by atoms with Crippen LogP contribution in [0.4, 0.5) is 5.69 Å². The highest BCUT2D eigenvalue weighted by Gasteiger charge is 2.14. The molecule has 1 heterocycles. The van der Waals surface area contributed by atoms with E-state index in [1.54, 1.807) is 36.4 Å². The molecule has 0 bridgehead atoms. The topological polar surface area (TPSA) is 71.3 Å². The number of hydrogen-bond donors (Lipinski definition) is 2. The lowest BCUT2D eigenvalue weighted by molar-refractivity contribution is 0.475. The summed E-state index contributed by atoms with van der Waals surface area (Å²) in [7, 11) is -3.52. The third-order valence-corrected chi connectivity index (χ3v) is 4.20. The van der Waals surface area contributed by atoms with Gasteiger partial charge in [0.25, 0.3) is 0 Å². The number of furan rings is 1. The third-order valence-electron chi connectivity index (χ3n) is 2.78. The molecule has 2 N–H and O–H groups in total. The molecule has 2 aromatic rings. The van der Waals surface area contributed by atoms with Crippen LogP contribution in [-0.4, -0.2) is 15.0 Å². The minimum absolute atomic E-state index is 0.144. The number of sulfonamides is 1. The second-order valence-electron chi connectivity index (χ2n) is 4.39. The molecular weight excluding hydrogens is 276 g/mol. The summed E-state index contributed by atoms with van der Waals surface area (Å²) < 4.78 is 32.1. The zero-order valence-electron chi connectivity index (χ0n) is 11.5. The highest BCUT2D eigenvalue weighted by atomic mass is 32.2. The molecule has 0 aliphatic rings. The minimum Gasteiger partial charge on any atom is -0.465 e. The molecule has 0 atom stereocenters. The van der Waals surface area contributed by atoms with E-state index in [1.165, 1.54) is 0 Å². The van der Waals surface area contributed by atoms with Gasteiger partial charge in [-0.05, 0) is 50.2 Å². The molecular formula is C14H18N2O3S. The maximum absolute atomic E-state index is 12.1. The average Bonchev–Trinajstić information content (AvgIpc) is 2.84. The van der Waals surface area contributed by atoms with Gasteiger partial charge in [-0.1, -0.05) is 0 Å². The first kappa shape index (κ1) is 14.6. The van der Waals surface area contributed by atoms with Crippen LogP contribution in [-0.2, 0) is 16.6 Å². The van der Waals surface area contributed by atoms with Gasteiger partial charge in [-0.2, -0.15) is 0 Å². The summed E-state index contributed by atoms with van der Waals surface area (Å²) >= 11 is 0. The van der Waals surface area contributed by atoms with Crippen molar-refractivity contribution in [2.45, 2.75) is 25.3 Å². The highest BCUT2D eigenvalue weighted by Crippen LogP contribution is 2.14. The summed E-state index contributed by atoms with van der Waals surface area (Å²) in [5, 5.41) is 3.12. The van der Waals surface area contributed by atoms with E-state index in [4.69, 9.17) is 4.42 Å². The Morgan fingerprint density at radius 3 is 2.35 bits per heavy atom. The third kappa shape index (κ3) is 3.61. The minimum atomic E-state index is -3.52. The lowest BCUT2D eigenvalue weighted by atomic mass is 10.3. The fourth-order valence-corrected chi connectivity index (χ4v) is 2.78. The number of hydrogen-bond acceptors (Lipinski definition) is 4. The smallest absolute Gasteiger partial charge is 0.240 e. The quantitative estimate of drug-likeness (QED) is 0.858.